The van der Waals surface area contributed by atoms with Crippen molar-refractivity contribution in [1.82, 2.24) is 9.88 Å². The van der Waals surface area contributed by atoms with E-state index < -0.39 is 11.9 Å². The van der Waals surface area contributed by atoms with Crippen LogP contribution in [0.15, 0.2) is 54.6 Å². The van der Waals surface area contributed by atoms with Crippen LogP contribution in [0.25, 0.3) is 22.2 Å². The van der Waals surface area contributed by atoms with Crippen molar-refractivity contribution in [3.8, 4) is 11.3 Å². The van der Waals surface area contributed by atoms with Crippen LogP contribution >= 0.6 is 22.9 Å². The predicted molar refractivity (Wildman–Crippen MR) is 139 cm³/mol. The highest BCUT2D eigenvalue weighted by molar-refractivity contribution is 7.18. The molecule has 4 rings (SSSR count). The lowest BCUT2D eigenvalue weighted by molar-refractivity contribution is 0.0601. The number of methoxy groups -OCH3 is 1. The van der Waals surface area contributed by atoms with Crippen LogP contribution in [0.1, 0.15) is 36.0 Å². The van der Waals surface area contributed by atoms with Gasteiger partial charge < -0.3 is 15.0 Å². The first-order valence-electron chi connectivity index (χ1n) is 10.6. The number of hydrogen-bond donors (Lipinski definition) is 1. The fourth-order valence-electron chi connectivity index (χ4n) is 3.66. The third-order valence-electron chi connectivity index (χ3n) is 5.46. The lowest BCUT2D eigenvalue weighted by atomic mass is 10.0. The maximum atomic E-state index is 13.6. The topological polar surface area (TPSA) is 88.6 Å². The zero-order valence-electron chi connectivity index (χ0n) is 19.5. The summed E-state index contributed by atoms with van der Waals surface area (Å²) in [6.07, 6.45) is 0. The van der Waals surface area contributed by atoms with Crippen LogP contribution in [0.5, 0.6) is 0 Å². The Labute approximate surface area is 211 Å². The van der Waals surface area contributed by atoms with Gasteiger partial charge in [0.15, 0.2) is 0 Å². The molecule has 2 heterocycles. The average Bonchev–Trinajstić information content (AvgIpc) is 3.17. The number of pyridine rings is 1. The molecule has 2 aromatic carbocycles. The molecule has 0 aliphatic carbocycles. The number of esters is 1. The lowest BCUT2D eigenvalue weighted by Crippen LogP contribution is -2.21. The van der Waals surface area contributed by atoms with E-state index in [-0.39, 0.29) is 16.5 Å². The van der Waals surface area contributed by atoms with E-state index in [2.05, 4.69) is 5.32 Å². The molecule has 0 saturated carbocycles. The van der Waals surface area contributed by atoms with Gasteiger partial charge in [0.2, 0.25) is 0 Å². The summed E-state index contributed by atoms with van der Waals surface area (Å²) in [6, 6.07) is 16.2. The monoisotopic (exact) mass is 507 g/mol. The van der Waals surface area contributed by atoms with E-state index in [1.807, 2.05) is 36.4 Å². The number of anilines is 1. The van der Waals surface area contributed by atoms with Crippen molar-refractivity contribution in [2.45, 2.75) is 6.92 Å². The minimum atomic E-state index is -0.631. The number of para-hydroxylation sites is 1. The van der Waals surface area contributed by atoms with Crippen molar-refractivity contribution < 1.29 is 19.1 Å². The van der Waals surface area contributed by atoms with Gasteiger partial charge in [-0.15, -0.1) is 11.3 Å². The first kappa shape index (κ1) is 24.4. The van der Waals surface area contributed by atoms with Gasteiger partial charge in [0.25, 0.3) is 11.8 Å². The second kappa shape index (κ2) is 9.85. The number of carbonyl (C=O) groups is 3. The maximum absolute atomic E-state index is 13.6. The summed E-state index contributed by atoms with van der Waals surface area (Å²) in [4.78, 5) is 45.2. The number of fused-ring (bicyclic) bond motifs is 1. The van der Waals surface area contributed by atoms with E-state index in [1.165, 1.54) is 12.0 Å². The first-order chi connectivity index (χ1) is 16.7. The van der Waals surface area contributed by atoms with Gasteiger partial charge in [-0.05, 0) is 36.8 Å². The molecule has 7 nitrogen and oxygen atoms in total. The molecule has 0 fully saturated rings. The van der Waals surface area contributed by atoms with Crippen LogP contribution in [-0.4, -0.2) is 48.9 Å². The largest absolute Gasteiger partial charge is 0.465 e. The van der Waals surface area contributed by atoms with E-state index in [0.29, 0.717) is 37.6 Å². The number of thiophene rings is 1. The first-order valence-corrected chi connectivity index (χ1v) is 11.8. The van der Waals surface area contributed by atoms with Crippen molar-refractivity contribution in [2.75, 3.05) is 26.5 Å². The SMILES string of the molecule is COC(=O)c1c(NC(=O)c2cc(-c3ccc(Cl)cc3)nc3ccccc23)sc(C(=O)N(C)C)c1C. The van der Waals surface area contributed by atoms with Gasteiger partial charge in [-0.3, -0.25) is 9.59 Å². The molecular formula is C26H22ClN3O4S. The zero-order valence-corrected chi connectivity index (χ0v) is 21.1. The lowest BCUT2D eigenvalue weighted by Gasteiger charge is -2.11. The van der Waals surface area contributed by atoms with Crippen molar-refractivity contribution in [3.63, 3.8) is 0 Å². The summed E-state index contributed by atoms with van der Waals surface area (Å²) in [5.74, 6) is -1.33. The summed E-state index contributed by atoms with van der Waals surface area (Å²) in [5.41, 5.74) is 3.04. The number of ether oxygens (including phenoxy) is 1. The van der Waals surface area contributed by atoms with Crippen LogP contribution in [0.4, 0.5) is 5.00 Å². The molecule has 0 unspecified atom stereocenters. The smallest absolute Gasteiger partial charge is 0.341 e. The van der Waals surface area contributed by atoms with Gasteiger partial charge in [-0.1, -0.05) is 41.9 Å². The number of rotatable bonds is 5. The fourth-order valence-corrected chi connectivity index (χ4v) is 5.00. The molecule has 0 aliphatic heterocycles. The van der Waals surface area contributed by atoms with Crippen LogP contribution < -0.4 is 5.32 Å². The van der Waals surface area contributed by atoms with Crippen molar-refractivity contribution in [3.05, 3.63) is 81.2 Å². The number of carbonyl (C=O) groups excluding carboxylic acids is 3. The van der Waals surface area contributed by atoms with Crippen molar-refractivity contribution in [2.24, 2.45) is 0 Å². The van der Waals surface area contributed by atoms with Crippen molar-refractivity contribution in [1.29, 1.82) is 0 Å². The summed E-state index contributed by atoms with van der Waals surface area (Å²) in [7, 11) is 4.51. The third kappa shape index (κ3) is 4.76. The molecule has 178 valence electrons. The fraction of sp³-hybridized carbons (Fsp3) is 0.154. The van der Waals surface area contributed by atoms with E-state index in [9.17, 15) is 14.4 Å². The number of benzene rings is 2. The summed E-state index contributed by atoms with van der Waals surface area (Å²) in [6.45, 7) is 1.66. The van der Waals surface area contributed by atoms with Gasteiger partial charge in [0.1, 0.15) is 5.00 Å². The minimum absolute atomic E-state index is 0.160. The normalized spacial score (nSPS) is 10.8. The number of halogens is 1. The van der Waals surface area contributed by atoms with E-state index in [0.717, 1.165) is 16.9 Å². The minimum Gasteiger partial charge on any atom is -0.465 e. The van der Waals surface area contributed by atoms with Gasteiger partial charge in [0.05, 0.1) is 34.3 Å². The highest BCUT2D eigenvalue weighted by atomic mass is 35.5. The average molecular weight is 508 g/mol. The van der Waals surface area contributed by atoms with Gasteiger partial charge in [-0.2, -0.15) is 0 Å². The highest BCUT2D eigenvalue weighted by Gasteiger charge is 2.27. The molecule has 0 aliphatic rings. The molecule has 2 amide bonds. The molecule has 35 heavy (non-hydrogen) atoms. The Morgan fingerprint density at radius 3 is 2.40 bits per heavy atom. The Balaban J connectivity index is 1.82. The summed E-state index contributed by atoms with van der Waals surface area (Å²) in [5, 5.41) is 4.33. The molecule has 0 saturated heterocycles. The molecule has 1 N–H and O–H groups in total. The quantitative estimate of drug-likeness (QED) is 0.352. The van der Waals surface area contributed by atoms with Crippen LogP contribution in [0, 0.1) is 6.92 Å². The number of nitrogens with zero attached hydrogens (tertiary/aromatic N) is 2. The zero-order chi connectivity index (χ0) is 25.3. The van der Waals surface area contributed by atoms with Crippen molar-refractivity contribution >= 4 is 56.6 Å². The molecule has 2 aromatic heterocycles. The van der Waals surface area contributed by atoms with Crippen LogP contribution in [0.3, 0.4) is 0 Å². The Bertz CT molecular complexity index is 1460. The van der Waals surface area contributed by atoms with Crippen LogP contribution in [0.2, 0.25) is 5.02 Å². The van der Waals surface area contributed by atoms with E-state index >= 15 is 0 Å². The standard InChI is InChI=1S/C26H22ClN3O4S/c1-14-21(26(33)34-4)24(35-22(14)25(32)30(2)3)29-23(31)18-13-20(15-9-11-16(27)12-10-15)28-19-8-6-5-7-17(18)19/h5-13H,1-4H3,(H,29,31). The van der Waals surface area contributed by atoms with E-state index in [4.69, 9.17) is 21.3 Å². The Kier molecular flexibility index (Phi) is 6.86. The number of amides is 2. The number of nitrogens with one attached hydrogen (secondary N) is 1. The van der Waals surface area contributed by atoms with Gasteiger partial charge >= 0.3 is 5.97 Å². The predicted octanol–water partition coefficient (Wildman–Crippen LogP) is 5.67. The summed E-state index contributed by atoms with van der Waals surface area (Å²) >= 11 is 7.07. The molecular weight excluding hydrogens is 486 g/mol. The molecule has 0 spiro atoms. The van der Waals surface area contributed by atoms with E-state index in [1.54, 1.807) is 39.2 Å². The highest BCUT2D eigenvalue weighted by Crippen LogP contribution is 2.35. The Morgan fingerprint density at radius 2 is 1.74 bits per heavy atom. The second-order valence-corrected chi connectivity index (χ2v) is 9.44. The third-order valence-corrected chi connectivity index (χ3v) is 6.91. The molecule has 4 aromatic rings. The molecule has 0 bridgehead atoms. The molecule has 9 heteroatoms. The van der Waals surface area contributed by atoms with Gasteiger partial charge in [0, 0.05) is 30.1 Å². The maximum Gasteiger partial charge on any atom is 0.341 e. The Hall–Kier alpha value is -3.75. The summed E-state index contributed by atoms with van der Waals surface area (Å²) < 4.78 is 4.93. The number of hydrogen-bond acceptors (Lipinski definition) is 6. The molecule has 0 radical (unpaired) electrons. The van der Waals surface area contributed by atoms with Gasteiger partial charge in [-0.25, -0.2) is 9.78 Å². The second-order valence-electron chi connectivity index (χ2n) is 7.98. The molecule has 0 atom stereocenters. The number of aromatic nitrogens is 1. The van der Waals surface area contributed by atoms with Crippen LogP contribution in [-0.2, 0) is 4.74 Å². The Morgan fingerprint density at radius 1 is 1.06 bits per heavy atom.